The fourth-order valence-corrected chi connectivity index (χ4v) is 2.62. The normalized spacial score (nSPS) is 9.80. The number of thioether (sulfide) groups is 1. The van der Waals surface area contributed by atoms with Crippen molar-refractivity contribution >= 4 is 17.5 Å². The van der Waals surface area contributed by atoms with Crippen LogP contribution in [-0.4, -0.2) is 18.6 Å². The van der Waals surface area contributed by atoms with Crippen LogP contribution in [0.3, 0.4) is 0 Å². The Morgan fingerprint density at radius 3 is 2.55 bits per heavy atom. The molecule has 0 aliphatic rings. The maximum atomic E-state index is 12.1. The summed E-state index contributed by atoms with van der Waals surface area (Å²) in [5, 5.41) is 8.72. The van der Waals surface area contributed by atoms with Crippen molar-refractivity contribution in [3.05, 3.63) is 59.7 Å². The molecule has 4 heteroatoms. The second kappa shape index (κ2) is 6.78. The summed E-state index contributed by atoms with van der Waals surface area (Å²) in [5.74, 6) is 1.14. The monoisotopic (exact) mass is 283 g/mol. The first-order valence-corrected chi connectivity index (χ1v) is 7.02. The molecule has 0 amide bonds. The molecule has 0 bridgehead atoms. The number of carbonyl (C=O) groups is 1. The van der Waals surface area contributed by atoms with Crippen LogP contribution in [0.2, 0.25) is 0 Å². The van der Waals surface area contributed by atoms with E-state index in [1.807, 2.05) is 30.3 Å². The van der Waals surface area contributed by atoms with E-state index in [1.54, 1.807) is 31.4 Å². The zero-order chi connectivity index (χ0) is 14.4. The Hall–Kier alpha value is -2.25. The minimum absolute atomic E-state index is 0.0328. The Labute approximate surface area is 122 Å². The molecule has 2 aromatic carbocycles. The molecule has 0 aliphatic heterocycles. The van der Waals surface area contributed by atoms with Gasteiger partial charge in [-0.2, -0.15) is 5.26 Å². The van der Waals surface area contributed by atoms with Crippen LogP contribution in [0.25, 0.3) is 0 Å². The summed E-state index contributed by atoms with van der Waals surface area (Å²) in [6, 6.07) is 16.3. The summed E-state index contributed by atoms with van der Waals surface area (Å²) in [7, 11) is 1.61. The molecule has 0 spiro atoms. The van der Waals surface area contributed by atoms with Gasteiger partial charge in [0.1, 0.15) is 5.75 Å². The van der Waals surface area contributed by atoms with Crippen molar-refractivity contribution in [1.29, 1.82) is 5.26 Å². The molecule has 0 aromatic heterocycles. The van der Waals surface area contributed by atoms with E-state index in [2.05, 4.69) is 0 Å². The molecular weight excluding hydrogens is 270 g/mol. The number of Topliss-reactive ketones (excluding diaryl/α,β-unsaturated/α-hetero) is 1. The van der Waals surface area contributed by atoms with Crippen molar-refractivity contribution in [2.45, 2.75) is 4.90 Å². The number of carbonyl (C=O) groups excluding carboxylic acids is 1. The minimum Gasteiger partial charge on any atom is -0.496 e. The fourth-order valence-electron chi connectivity index (χ4n) is 1.70. The van der Waals surface area contributed by atoms with Gasteiger partial charge < -0.3 is 4.74 Å². The summed E-state index contributed by atoms with van der Waals surface area (Å²) < 4.78 is 5.25. The topological polar surface area (TPSA) is 50.1 Å². The van der Waals surface area contributed by atoms with Gasteiger partial charge >= 0.3 is 0 Å². The number of methoxy groups -OCH3 is 1. The highest BCUT2D eigenvalue weighted by Gasteiger charge is 2.09. The van der Waals surface area contributed by atoms with Crippen molar-refractivity contribution in [2.24, 2.45) is 0 Å². The highest BCUT2D eigenvalue weighted by Crippen LogP contribution is 2.29. The van der Waals surface area contributed by atoms with E-state index >= 15 is 0 Å². The molecule has 0 unspecified atom stereocenters. The van der Waals surface area contributed by atoms with Gasteiger partial charge in [0.2, 0.25) is 0 Å². The quantitative estimate of drug-likeness (QED) is 0.622. The van der Waals surface area contributed by atoms with Crippen LogP contribution in [-0.2, 0) is 0 Å². The summed E-state index contributed by atoms with van der Waals surface area (Å²) in [6.45, 7) is 0. The number of ketones is 1. The summed E-state index contributed by atoms with van der Waals surface area (Å²) in [4.78, 5) is 13.0. The van der Waals surface area contributed by atoms with E-state index in [4.69, 9.17) is 10.00 Å². The first-order valence-electron chi connectivity index (χ1n) is 6.04. The van der Waals surface area contributed by atoms with Gasteiger partial charge in [0.05, 0.1) is 24.5 Å². The third-order valence-corrected chi connectivity index (χ3v) is 3.82. The second-order valence-electron chi connectivity index (χ2n) is 4.05. The Morgan fingerprint density at radius 1 is 1.20 bits per heavy atom. The Balaban J connectivity index is 2.03. The fraction of sp³-hybridized carbons (Fsp3) is 0.125. The van der Waals surface area contributed by atoms with Crippen molar-refractivity contribution in [3.8, 4) is 11.8 Å². The molecule has 0 saturated heterocycles. The zero-order valence-corrected chi connectivity index (χ0v) is 11.8. The number of ether oxygens (including phenoxy) is 1. The number of nitriles is 1. The maximum absolute atomic E-state index is 12.1. The average molecular weight is 283 g/mol. The van der Waals surface area contributed by atoms with Crippen LogP contribution in [0, 0.1) is 11.3 Å². The first-order chi connectivity index (χ1) is 9.74. The molecule has 100 valence electrons. The number of hydrogen-bond acceptors (Lipinski definition) is 4. The van der Waals surface area contributed by atoms with Gasteiger partial charge in [-0.15, -0.1) is 11.8 Å². The van der Waals surface area contributed by atoms with Gasteiger partial charge in [0, 0.05) is 10.5 Å². The predicted molar refractivity (Wildman–Crippen MR) is 79.2 cm³/mol. The van der Waals surface area contributed by atoms with Gasteiger partial charge in [-0.3, -0.25) is 4.79 Å². The maximum Gasteiger partial charge on any atom is 0.173 e. The van der Waals surface area contributed by atoms with E-state index in [1.165, 1.54) is 11.8 Å². The smallest absolute Gasteiger partial charge is 0.173 e. The van der Waals surface area contributed by atoms with Gasteiger partial charge in [-0.05, 0) is 24.3 Å². The van der Waals surface area contributed by atoms with Crippen molar-refractivity contribution < 1.29 is 9.53 Å². The van der Waals surface area contributed by atoms with Crippen LogP contribution in [0.5, 0.6) is 5.75 Å². The van der Waals surface area contributed by atoms with E-state index in [0.29, 0.717) is 16.9 Å². The molecule has 0 saturated carbocycles. The molecule has 0 heterocycles. The first kappa shape index (κ1) is 14.2. The molecule has 2 rings (SSSR count). The molecule has 0 aliphatic carbocycles. The van der Waals surface area contributed by atoms with Crippen molar-refractivity contribution in [1.82, 2.24) is 0 Å². The predicted octanol–water partition coefficient (Wildman–Crippen LogP) is 3.54. The van der Waals surface area contributed by atoms with E-state index < -0.39 is 0 Å². The van der Waals surface area contributed by atoms with Crippen LogP contribution in [0.4, 0.5) is 0 Å². The Morgan fingerprint density at radius 2 is 1.90 bits per heavy atom. The minimum atomic E-state index is 0.0328. The molecule has 20 heavy (non-hydrogen) atoms. The number of para-hydroxylation sites is 1. The molecule has 0 atom stereocenters. The summed E-state index contributed by atoms with van der Waals surface area (Å²) in [6.07, 6.45) is 0. The summed E-state index contributed by atoms with van der Waals surface area (Å²) in [5.41, 5.74) is 1.17. The van der Waals surface area contributed by atoms with Crippen LogP contribution in [0.1, 0.15) is 15.9 Å². The number of nitrogens with zero attached hydrogens (tertiary/aromatic N) is 1. The lowest BCUT2D eigenvalue weighted by atomic mass is 10.1. The number of rotatable bonds is 5. The number of hydrogen-bond donors (Lipinski definition) is 0. The molecular formula is C16H13NO2S. The van der Waals surface area contributed by atoms with Gasteiger partial charge in [0.15, 0.2) is 5.78 Å². The average Bonchev–Trinajstić information content (AvgIpc) is 2.53. The Kier molecular flexibility index (Phi) is 4.80. The van der Waals surface area contributed by atoms with Crippen LogP contribution >= 0.6 is 11.8 Å². The highest BCUT2D eigenvalue weighted by molar-refractivity contribution is 8.00. The largest absolute Gasteiger partial charge is 0.496 e. The molecule has 0 radical (unpaired) electrons. The van der Waals surface area contributed by atoms with Gasteiger partial charge in [-0.1, -0.05) is 24.3 Å². The third-order valence-electron chi connectivity index (χ3n) is 2.76. The van der Waals surface area contributed by atoms with Crippen LogP contribution in [0.15, 0.2) is 53.4 Å². The van der Waals surface area contributed by atoms with Gasteiger partial charge in [0.25, 0.3) is 0 Å². The third kappa shape index (κ3) is 3.40. The summed E-state index contributed by atoms with van der Waals surface area (Å²) >= 11 is 1.44. The lowest BCUT2D eigenvalue weighted by Crippen LogP contribution is -2.02. The second-order valence-corrected chi connectivity index (χ2v) is 5.07. The zero-order valence-electron chi connectivity index (χ0n) is 11.0. The van der Waals surface area contributed by atoms with E-state index in [9.17, 15) is 4.79 Å². The standard InChI is InChI=1S/C16H13NO2S/c1-19-15-4-2-3-5-16(15)20-11-14(18)13-8-6-12(10-17)7-9-13/h2-9H,11H2,1H3. The SMILES string of the molecule is COc1ccccc1SCC(=O)c1ccc(C#N)cc1. The lowest BCUT2D eigenvalue weighted by molar-refractivity contribution is 0.102. The van der Waals surface area contributed by atoms with Crippen molar-refractivity contribution in [2.75, 3.05) is 12.9 Å². The van der Waals surface area contributed by atoms with E-state index in [0.717, 1.165) is 10.6 Å². The lowest BCUT2D eigenvalue weighted by Gasteiger charge is -2.07. The molecule has 3 nitrogen and oxygen atoms in total. The van der Waals surface area contributed by atoms with Gasteiger partial charge in [-0.25, -0.2) is 0 Å². The molecule has 0 N–H and O–H groups in total. The Bertz CT molecular complexity index is 644. The van der Waals surface area contributed by atoms with E-state index in [-0.39, 0.29) is 5.78 Å². The van der Waals surface area contributed by atoms with Crippen molar-refractivity contribution in [3.63, 3.8) is 0 Å². The van der Waals surface area contributed by atoms with Crippen LogP contribution < -0.4 is 4.74 Å². The highest BCUT2D eigenvalue weighted by atomic mass is 32.2. The molecule has 2 aromatic rings. The number of benzene rings is 2. The molecule has 0 fully saturated rings.